The van der Waals surface area contributed by atoms with Gasteiger partial charge in [-0.15, -0.1) is 0 Å². The Hall–Kier alpha value is -3.17. The van der Waals surface area contributed by atoms with Crippen molar-refractivity contribution >= 4 is 57.8 Å². The van der Waals surface area contributed by atoms with Crippen LogP contribution in [0.5, 0.6) is 0 Å². The number of hydrogen-bond acceptors (Lipinski definition) is 6. The predicted molar refractivity (Wildman–Crippen MR) is 108 cm³/mol. The van der Waals surface area contributed by atoms with Crippen LogP contribution in [0.15, 0.2) is 41.5 Å². The number of hydrazone groups is 1. The molecule has 0 spiro atoms. The van der Waals surface area contributed by atoms with Crippen LogP contribution in [0.1, 0.15) is 23.7 Å². The summed E-state index contributed by atoms with van der Waals surface area (Å²) in [4.78, 5) is 34.4. The number of hydrogen-bond donors (Lipinski definition) is 3. The van der Waals surface area contributed by atoms with Gasteiger partial charge in [-0.3, -0.25) is 19.7 Å². The third-order valence-corrected chi connectivity index (χ3v) is 3.94. The van der Waals surface area contributed by atoms with Gasteiger partial charge in [0.25, 0.3) is 11.6 Å². The minimum Gasteiger partial charge on any atom is -0.399 e. The lowest BCUT2D eigenvalue weighted by molar-refractivity contribution is -0.384. The van der Waals surface area contributed by atoms with E-state index in [1.807, 2.05) is 0 Å². The van der Waals surface area contributed by atoms with Gasteiger partial charge in [0.05, 0.1) is 27.6 Å². The highest BCUT2D eigenvalue weighted by molar-refractivity contribution is 6.35. The first-order valence-corrected chi connectivity index (χ1v) is 8.54. The smallest absolute Gasteiger partial charge is 0.272 e. The molecule has 0 aromatic heterocycles. The third-order valence-electron chi connectivity index (χ3n) is 3.38. The number of nitrogens with two attached hydrogens (primary N) is 1. The molecule has 28 heavy (non-hydrogen) atoms. The second kappa shape index (κ2) is 9.16. The Morgan fingerprint density at radius 3 is 2.61 bits per heavy atom. The van der Waals surface area contributed by atoms with Crippen molar-refractivity contribution < 1.29 is 14.5 Å². The first-order chi connectivity index (χ1) is 13.2. The molecule has 0 atom stereocenters. The van der Waals surface area contributed by atoms with Gasteiger partial charge in [-0.25, -0.2) is 5.43 Å². The zero-order chi connectivity index (χ0) is 20.8. The maximum absolute atomic E-state index is 12.1. The summed E-state index contributed by atoms with van der Waals surface area (Å²) in [6.45, 7) is 1.53. The highest BCUT2D eigenvalue weighted by atomic mass is 35.5. The number of rotatable bonds is 6. The molecule has 0 unspecified atom stereocenters. The summed E-state index contributed by atoms with van der Waals surface area (Å²) < 4.78 is 0. The fourth-order valence-electron chi connectivity index (χ4n) is 2.14. The molecule has 146 valence electrons. The highest BCUT2D eigenvalue weighted by Gasteiger charge is 2.14. The molecule has 0 aliphatic carbocycles. The van der Waals surface area contributed by atoms with Crippen molar-refractivity contribution in [3.05, 3.63) is 62.1 Å². The number of nitrogen functional groups attached to an aromatic ring is 1. The minimum absolute atomic E-state index is 0.0292. The van der Waals surface area contributed by atoms with E-state index in [1.165, 1.54) is 19.1 Å². The van der Waals surface area contributed by atoms with Gasteiger partial charge < -0.3 is 11.1 Å². The standard InChI is InChI=1S/C17H15Cl2N5O4/c1-9(4-16(25)21-15-7-11(18)2-3-14(15)19)22-23-17(26)10-5-12(20)8-13(6-10)24(27)28/h2-3,5-8H,4,20H2,1H3,(H,21,25)(H,23,26)/b22-9-. The first-order valence-electron chi connectivity index (χ1n) is 7.79. The number of nitrogens with zero attached hydrogens (tertiary/aromatic N) is 2. The summed E-state index contributed by atoms with van der Waals surface area (Å²) >= 11 is 11.8. The van der Waals surface area contributed by atoms with Crippen LogP contribution in [-0.2, 0) is 4.79 Å². The normalized spacial score (nSPS) is 11.0. The van der Waals surface area contributed by atoms with Crippen LogP contribution in [0.3, 0.4) is 0 Å². The van der Waals surface area contributed by atoms with E-state index in [1.54, 1.807) is 12.1 Å². The number of amides is 2. The average molecular weight is 424 g/mol. The first kappa shape index (κ1) is 21.1. The Morgan fingerprint density at radius 2 is 1.93 bits per heavy atom. The number of nitrogens with one attached hydrogen (secondary N) is 2. The second-order valence-electron chi connectivity index (χ2n) is 5.71. The van der Waals surface area contributed by atoms with E-state index in [0.29, 0.717) is 21.4 Å². The molecule has 0 aliphatic rings. The summed E-state index contributed by atoms with van der Waals surface area (Å²) in [5.41, 5.74) is 8.15. The van der Waals surface area contributed by atoms with Gasteiger partial charge in [-0.05, 0) is 31.2 Å². The topological polar surface area (TPSA) is 140 Å². The van der Waals surface area contributed by atoms with Gasteiger partial charge in [-0.1, -0.05) is 23.2 Å². The zero-order valence-electron chi connectivity index (χ0n) is 14.5. The van der Waals surface area contributed by atoms with Gasteiger partial charge in [0.15, 0.2) is 0 Å². The van der Waals surface area contributed by atoms with Crippen molar-refractivity contribution in [1.29, 1.82) is 0 Å². The summed E-state index contributed by atoms with van der Waals surface area (Å²) in [6.07, 6.45) is -0.125. The maximum atomic E-state index is 12.1. The van der Waals surface area contributed by atoms with Crippen LogP contribution in [-0.4, -0.2) is 22.4 Å². The summed E-state index contributed by atoms with van der Waals surface area (Å²) in [5, 5.41) is 18.0. The molecule has 0 radical (unpaired) electrons. The third kappa shape index (κ3) is 5.93. The molecule has 0 heterocycles. The SMILES string of the molecule is C/C(CC(=O)Nc1cc(Cl)ccc1Cl)=N/NC(=O)c1cc(N)cc([N+](=O)[O-])c1. The van der Waals surface area contributed by atoms with E-state index in [9.17, 15) is 19.7 Å². The molecular weight excluding hydrogens is 409 g/mol. The summed E-state index contributed by atoms with van der Waals surface area (Å²) in [5.74, 6) is -1.12. The molecule has 4 N–H and O–H groups in total. The monoisotopic (exact) mass is 423 g/mol. The number of halogens is 2. The van der Waals surface area contributed by atoms with Crippen molar-refractivity contribution in [2.24, 2.45) is 5.10 Å². The number of anilines is 2. The van der Waals surface area contributed by atoms with Crippen LogP contribution >= 0.6 is 23.2 Å². The van der Waals surface area contributed by atoms with Gasteiger partial charge in [0, 0.05) is 28.6 Å². The van der Waals surface area contributed by atoms with Crippen molar-refractivity contribution in [1.82, 2.24) is 5.43 Å². The number of carbonyl (C=O) groups excluding carboxylic acids is 2. The van der Waals surface area contributed by atoms with E-state index in [4.69, 9.17) is 28.9 Å². The van der Waals surface area contributed by atoms with Crippen molar-refractivity contribution in [3.8, 4) is 0 Å². The van der Waals surface area contributed by atoms with Crippen molar-refractivity contribution in [2.45, 2.75) is 13.3 Å². The number of non-ortho nitro benzene ring substituents is 1. The van der Waals surface area contributed by atoms with Gasteiger partial charge >= 0.3 is 0 Å². The van der Waals surface area contributed by atoms with Crippen LogP contribution < -0.4 is 16.5 Å². The molecule has 2 aromatic carbocycles. The predicted octanol–water partition coefficient (Wildman–Crippen LogP) is 3.62. The Morgan fingerprint density at radius 1 is 1.21 bits per heavy atom. The molecule has 0 saturated carbocycles. The zero-order valence-corrected chi connectivity index (χ0v) is 16.0. The summed E-state index contributed by atoms with van der Waals surface area (Å²) in [6, 6.07) is 8.12. The average Bonchev–Trinajstić information content (AvgIpc) is 2.62. The molecule has 11 heteroatoms. The molecule has 2 rings (SSSR count). The van der Waals surface area contributed by atoms with Crippen LogP contribution in [0.25, 0.3) is 0 Å². The second-order valence-corrected chi connectivity index (χ2v) is 6.55. The number of nitro benzene ring substituents is 1. The van der Waals surface area contributed by atoms with Crippen molar-refractivity contribution in [2.75, 3.05) is 11.1 Å². The Labute approximate surface area is 169 Å². The van der Waals surface area contributed by atoms with Crippen LogP contribution in [0, 0.1) is 10.1 Å². The Balaban J connectivity index is 2.00. The van der Waals surface area contributed by atoms with E-state index in [2.05, 4.69) is 15.8 Å². The molecule has 2 aromatic rings. The largest absolute Gasteiger partial charge is 0.399 e. The van der Waals surface area contributed by atoms with Crippen LogP contribution in [0.4, 0.5) is 17.1 Å². The quantitative estimate of drug-likeness (QED) is 0.281. The number of benzene rings is 2. The number of nitro groups is 1. The number of carbonyl (C=O) groups is 2. The summed E-state index contributed by atoms with van der Waals surface area (Å²) in [7, 11) is 0. The molecular formula is C17H15Cl2N5O4. The van der Waals surface area contributed by atoms with E-state index >= 15 is 0 Å². The highest BCUT2D eigenvalue weighted by Crippen LogP contribution is 2.25. The Kier molecular flexibility index (Phi) is 6.91. The van der Waals surface area contributed by atoms with Gasteiger partial charge in [-0.2, -0.15) is 5.10 Å². The lowest BCUT2D eigenvalue weighted by Crippen LogP contribution is -2.21. The van der Waals surface area contributed by atoms with Gasteiger partial charge in [0.1, 0.15) is 0 Å². The van der Waals surface area contributed by atoms with Crippen LogP contribution in [0.2, 0.25) is 10.0 Å². The lowest BCUT2D eigenvalue weighted by Gasteiger charge is -2.08. The van der Waals surface area contributed by atoms with Crippen molar-refractivity contribution in [3.63, 3.8) is 0 Å². The fraction of sp³-hybridized carbons (Fsp3) is 0.118. The molecule has 0 aliphatic heterocycles. The van der Waals surface area contributed by atoms with E-state index < -0.39 is 16.7 Å². The minimum atomic E-state index is -0.701. The van der Waals surface area contributed by atoms with Gasteiger partial charge in [0.2, 0.25) is 5.91 Å². The molecule has 0 bridgehead atoms. The molecule has 9 nitrogen and oxygen atoms in total. The molecule has 0 fully saturated rings. The molecule has 2 amide bonds. The lowest BCUT2D eigenvalue weighted by atomic mass is 10.1. The Bertz CT molecular complexity index is 978. The molecule has 0 saturated heterocycles. The van der Waals surface area contributed by atoms with E-state index in [0.717, 1.165) is 12.1 Å². The van der Waals surface area contributed by atoms with E-state index in [-0.39, 0.29) is 23.4 Å². The maximum Gasteiger partial charge on any atom is 0.272 e. The fourth-order valence-corrected chi connectivity index (χ4v) is 2.48.